The summed E-state index contributed by atoms with van der Waals surface area (Å²) in [7, 11) is 1.70. The van der Waals surface area contributed by atoms with Crippen molar-refractivity contribution in [3.05, 3.63) is 24.3 Å². The first kappa shape index (κ1) is 12.2. The zero-order chi connectivity index (χ0) is 12.1. The maximum Gasteiger partial charge on any atom is 0.141 e. The molecule has 0 aromatic heterocycles. The molecule has 0 unspecified atom stereocenters. The van der Waals surface area contributed by atoms with Gasteiger partial charge < -0.3 is 15.8 Å². The lowest BCUT2D eigenvalue weighted by atomic mass is 9.81. The molecule has 17 heavy (non-hydrogen) atoms. The highest BCUT2D eigenvalue weighted by atomic mass is 16.5. The average molecular weight is 234 g/mol. The molecular formula is C14H22N2O. The van der Waals surface area contributed by atoms with Crippen LogP contribution in [0.15, 0.2) is 24.3 Å². The van der Waals surface area contributed by atoms with Crippen LogP contribution in [0.25, 0.3) is 0 Å². The van der Waals surface area contributed by atoms with E-state index in [1.54, 1.807) is 7.11 Å². The van der Waals surface area contributed by atoms with Crippen molar-refractivity contribution in [1.29, 1.82) is 0 Å². The fraction of sp³-hybridized carbons (Fsp3) is 0.571. The minimum absolute atomic E-state index is 0.0624. The number of methoxy groups -OCH3 is 1. The number of benzene rings is 1. The van der Waals surface area contributed by atoms with Gasteiger partial charge in [-0.1, -0.05) is 31.4 Å². The third-order valence-electron chi connectivity index (χ3n) is 3.71. The molecule has 1 fully saturated rings. The Bertz CT molecular complexity index is 359. The van der Waals surface area contributed by atoms with Gasteiger partial charge in [0.2, 0.25) is 0 Å². The van der Waals surface area contributed by atoms with E-state index >= 15 is 0 Å². The molecule has 0 heterocycles. The maximum absolute atomic E-state index is 5.97. The topological polar surface area (TPSA) is 47.3 Å². The zero-order valence-electron chi connectivity index (χ0n) is 10.5. The van der Waals surface area contributed by atoms with Gasteiger partial charge in [-0.15, -0.1) is 0 Å². The van der Waals surface area contributed by atoms with Crippen LogP contribution in [-0.2, 0) is 0 Å². The van der Waals surface area contributed by atoms with Crippen LogP contribution < -0.4 is 15.8 Å². The summed E-state index contributed by atoms with van der Waals surface area (Å²) < 4.78 is 5.37. The predicted octanol–water partition coefficient (Wildman–Crippen LogP) is 2.77. The Morgan fingerprint density at radius 3 is 2.59 bits per heavy atom. The van der Waals surface area contributed by atoms with Crippen LogP contribution in [0.2, 0.25) is 0 Å². The number of nitrogens with two attached hydrogens (primary N) is 1. The van der Waals surface area contributed by atoms with E-state index < -0.39 is 0 Å². The van der Waals surface area contributed by atoms with E-state index in [1.807, 2.05) is 18.2 Å². The first-order valence-electron chi connectivity index (χ1n) is 6.41. The Labute approximate surface area is 103 Å². The molecule has 1 aliphatic rings. The molecule has 3 heteroatoms. The van der Waals surface area contributed by atoms with Crippen LogP contribution in [-0.4, -0.2) is 19.2 Å². The second-order valence-electron chi connectivity index (χ2n) is 4.87. The zero-order valence-corrected chi connectivity index (χ0v) is 10.5. The third kappa shape index (κ3) is 2.72. The van der Waals surface area contributed by atoms with Crippen molar-refractivity contribution < 1.29 is 4.74 Å². The highest BCUT2D eigenvalue weighted by Crippen LogP contribution is 2.34. The standard InChI is InChI=1S/C14H22N2O/c1-17-13-8-4-3-7-12(13)16-14(11-15)9-5-2-6-10-14/h3-4,7-8,16H,2,5-6,9-11,15H2,1H3. The van der Waals surface area contributed by atoms with Gasteiger partial charge in [0.05, 0.1) is 12.8 Å². The van der Waals surface area contributed by atoms with Crippen molar-refractivity contribution in [2.75, 3.05) is 19.0 Å². The lowest BCUT2D eigenvalue weighted by Crippen LogP contribution is -2.47. The molecule has 0 spiro atoms. The quantitative estimate of drug-likeness (QED) is 0.842. The molecule has 3 nitrogen and oxygen atoms in total. The van der Waals surface area contributed by atoms with Gasteiger partial charge in [0.25, 0.3) is 0 Å². The second-order valence-corrected chi connectivity index (χ2v) is 4.87. The number of rotatable bonds is 4. The van der Waals surface area contributed by atoms with E-state index in [-0.39, 0.29) is 5.54 Å². The van der Waals surface area contributed by atoms with Gasteiger partial charge in [0.15, 0.2) is 0 Å². The van der Waals surface area contributed by atoms with Gasteiger partial charge in [-0.2, -0.15) is 0 Å². The largest absolute Gasteiger partial charge is 0.495 e. The van der Waals surface area contributed by atoms with Crippen molar-refractivity contribution in [3.63, 3.8) is 0 Å². The summed E-state index contributed by atoms with van der Waals surface area (Å²) in [6.07, 6.45) is 6.16. The van der Waals surface area contributed by atoms with E-state index in [9.17, 15) is 0 Å². The maximum atomic E-state index is 5.97. The van der Waals surface area contributed by atoms with Crippen LogP contribution >= 0.6 is 0 Å². The Morgan fingerprint density at radius 1 is 1.24 bits per heavy atom. The van der Waals surface area contributed by atoms with Gasteiger partial charge >= 0.3 is 0 Å². The Hall–Kier alpha value is -1.22. The number of ether oxygens (including phenoxy) is 1. The Balaban J connectivity index is 2.17. The van der Waals surface area contributed by atoms with Crippen molar-refractivity contribution >= 4 is 5.69 Å². The second kappa shape index (κ2) is 5.41. The van der Waals surface area contributed by atoms with Gasteiger partial charge in [0, 0.05) is 12.1 Å². The van der Waals surface area contributed by atoms with Crippen molar-refractivity contribution in [3.8, 4) is 5.75 Å². The normalized spacial score (nSPS) is 18.7. The lowest BCUT2D eigenvalue weighted by molar-refractivity contribution is 0.328. The summed E-state index contributed by atoms with van der Waals surface area (Å²) in [6, 6.07) is 8.05. The molecule has 2 rings (SSSR count). The summed E-state index contributed by atoms with van der Waals surface area (Å²) >= 11 is 0. The third-order valence-corrected chi connectivity index (χ3v) is 3.71. The van der Waals surface area contributed by atoms with E-state index in [4.69, 9.17) is 10.5 Å². The molecule has 1 saturated carbocycles. The van der Waals surface area contributed by atoms with Crippen molar-refractivity contribution in [2.24, 2.45) is 5.73 Å². The number of para-hydroxylation sites is 2. The Morgan fingerprint density at radius 2 is 1.94 bits per heavy atom. The highest BCUT2D eigenvalue weighted by molar-refractivity contribution is 5.57. The van der Waals surface area contributed by atoms with E-state index in [0.29, 0.717) is 6.54 Å². The molecule has 3 N–H and O–H groups in total. The molecule has 1 aromatic carbocycles. The summed E-state index contributed by atoms with van der Waals surface area (Å²) in [4.78, 5) is 0. The predicted molar refractivity (Wildman–Crippen MR) is 71.5 cm³/mol. The lowest BCUT2D eigenvalue weighted by Gasteiger charge is -2.38. The molecule has 0 amide bonds. The highest BCUT2D eigenvalue weighted by Gasteiger charge is 2.30. The molecule has 0 radical (unpaired) electrons. The number of nitrogens with one attached hydrogen (secondary N) is 1. The van der Waals surface area contributed by atoms with Crippen molar-refractivity contribution in [2.45, 2.75) is 37.6 Å². The summed E-state index contributed by atoms with van der Waals surface area (Å²) in [5, 5.41) is 3.61. The van der Waals surface area contributed by atoms with Crippen LogP contribution in [0.3, 0.4) is 0 Å². The minimum Gasteiger partial charge on any atom is -0.495 e. The SMILES string of the molecule is COc1ccccc1NC1(CN)CCCCC1. The fourth-order valence-electron chi connectivity index (χ4n) is 2.64. The van der Waals surface area contributed by atoms with Crippen LogP contribution in [0, 0.1) is 0 Å². The number of hydrogen-bond donors (Lipinski definition) is 2. The molecule has 0 bridgehead atoms. The van der Waals surface area contributed by atoms with Gasteiger partial charge in [0.1, 0.15) is 5.75 Å². The van der Waals surface area contributed by atoms with Crippen molar-refractivity contribution in [1.82, 2.24) is 0 Å². The number of hydrogen-bond acceptors (Lipinski definition) is 3. The molecule has 1 aromatic rings. The molecule has 0 atom stereocenters. The first-order valence-corrected chi connectivity index (χ1v) is 6.41. The van der Waals surface area contributed by atoms with Crippen LogP contribution in [0.1, 0.15) is 32.1 Å². The molecule has 0 saturated heterocycles. The summed E-state index contributed by atoms with van der Waals surface area (Å²) in [5.41, 5.74) is 7.09. The monoisotopic (exact) mass is 234 g/mol. The first-order chi connectivity index (χ1) is 8.29. The smallest absolute Gasteiger partial charge is 0.141 e. The van der Waals surface area contributed by atoms with Gasteiger partial charge in [-0.25, -0.2) is 0 Å². The van der Waals surface area contributed by atoms with E-state index in [2.05, 4.69) is 11.4 Å². The van der Waals surface area contributed by atoms with Gasteiger partial charge in [-0.05, 0) is 25.0 Å². The summed E-state index contributed by atoms with van der Waals surface area (Å²) in [6.45, 7) is 0.686. The van der Waals surface area contributed by atoms with E-state index in [0.717, 1.165) is 24.3 Å². The summed E-state index contributed by atoms with van der Waals surface area (Å²) in [5.74, 6) is 0.894. The fourth-order valence-corrected chi connectivity index (χ4v) is 2.64. The Kier molecular flexibility index (Phi) is 3.89. The molecular weight excluding hydrogens is 212 g/mol. The van der Waals surface area contributed by atoms with Gasteiger partial charge in [-0.3, -0.25) is 0 Å². The van der Waals surface area contributed by atoms with Crippen LogP contribution in [0.5, 0.6) is 5.75 Å². The molecule has 0 aliphatic heterocycles. The van der Waals surface area contributed by atoms with E-state index in [1.165, 1.54) is 19.3 Å². The molecule has 1 aliphatic carbocycles. The molecule has 94 valence electrons. The average Bonchev–Trinajstić information content (AvgIpc) is 2.40. The van der Waals surface area contributed by atoms with Crippen LogP contribution in [0.4, 0.5) is 5.69 Å². The minimum atomic E-state index is 0.0624. The number of anilines is 1.